The molecule has 0 radical (unpaired) electrons. The van der Waals surface area contributed by atoms with Gasteiger partial charge in [-0.15, -0.1) is 0 Å². The maximum atomic E-state index is 12.6. The Kier molecular flexibility index (Phi) is 5.73. The fourth-order valence-corrected chi connectivity index (χ4v) is 4.03. The van der Waals surface area contributed by atoms with E-state index >= 15 is 0 Å². The van der Waals surface area contributed by atoms with Crippen molar-refractivity contribution in [1.82, 2.24) is 19.5 Å². The Morgan fingerprint density at radius 1 is 1.16 bits per heavy atom. The van der Waals surface area contributed by atoms with E-state index in [4.69, 9.17) is 14.2 Å². The van der Waals surface area contributed by atoms with Crippen LogP contribution < -0.4 is 10.4 Å². The predicted octanol–water partition coefficient (Wildman–Crippen LogP) is 1.84. The fourth-order valence-electron chi connectivity index (χ4n) is 4.03. The highest BCUT2D eigenvalue weighted by Crippen LogP contribution is 2.30. The Hall–Kier alpha value is -3.10. The van der Waals surface area contributed by atoms with Crippen molar-refractivity contribution in [2.45, 2.75) is 31.9 Å². The topological polar surface area (TPSA) is 88.4 Å². The van der Waals surface area contributed by atoms with Gasteiger partial charge in [0, 0.05) is 36.8 Å². The summed E-state index contributed by atoms with van der Waals surface area (Å²) in [5, 5.41) is 0. The van der Waals surface area contributed by atoms with Crippen molar-refractivity contribution < 1.29 is 14.2 Å². The summed E-state index contributed by atoms with van der Waals surface area (Å²) in [6.45, 7) is 2.57. The number of benzene rings is 1. The van der Waals surface area contributed by atoms with Gasteiger partial charge in [-0.25, -0.2) is 4.79 Å². The van der Waals surface area contributed by atoms with Crippen molar-refractivity contribution in [3.05, 3.63) is 70.2 Å². The quantitative estimate of drug-likeness (QED) is 0.601. The van der Waals surface area contributed by atoms with Gasteiger partial charge in [-0.05, 0) is 30.4 Å². The van der Waals surface area contributed by atoms with E-state index in [-0.39, 0.29) is 11.8 Å². The number of hydrogen-bond acceptors (Lipinski definition) is 7. The molecule has 0 saturated carbocycles. The highest BCUT2D eigenvalue weighted by molar-refractivity contribution is 5.67. The maximum absolute atomic E-state index is 12.6. The zero-order valence-electron chi connectivity index (χ0n) is 17.2. The Balaban J connectivity index is 1.34. The summed E-state index contributed by atoms with van der Waals surface area (Å²) in [4.78, 5) is 25.1. The first-order valence-corrected chi connectivity index (χ1v) is 10.6. The van der Waals surface area contributed by atoms with Gasteiger partial charge in [0.2, 0.25) is 5.88 Å². The van der Waals surface area contributed by atoms with E-state index in [0.717, 1.165) is 36.2 Å². The second-order valence-electron chi connectivity index (χ2n) is 7.73. The van der Waals surface area contributed by atoms with E-state index in [1.165, 1.54) is 11.1 Å². The van der Waals surface area contributed by atoms with Crippen molar-refractivity contribution in [1.29, 1.82) is 0 Å². The lowest BCUT2D eigenvalue weighted by Gasteiger charge is -2.24. The highest BCUT2D eigenvalue weighted by Gasteiger charge is 2.21. The van der Waals surface area contributed by atoms with Crippen LogP contribution in [-0.2, 0) is 35.3 Å². The minimum Gasteiger partial charge on any atom is -0.475 e. The summed E-state index contributed by atoms with van der Waals surface area (Å²) < 4.78 is 18.5. The number of ether oxygens (including phenoxy) is 3. The van der Waals surface area contributed by atoms with E-state index in [9.17, 15) is 4.79 Å². The summed E-state index contributed by atoms with van der Waals surface area (Å²) in [5.41, 5.74) is 5.08. The van der Waals surface area contributed by atoms with Crippen LogP contribution in [0.2, 0.25) is 0 Å². The van der Waals surface area contributed by atoms with E-state index in [1.807, 2.05) is 6.07 Å². The average Bonchev–Trinajstić information content (AvgIpc) is 2.82. The van der Waals surface area contributed by atoms with Crippen molar-refractivity contribution >= 4 is 0 Å². The van der Waals surface area contributed by atoms with Gasteiger partial charge in [-0.3, -0.25) is 14.5 Å². The Morgan fingerprint density at radius 2 is 2.13 bits per heavy atom. The smallest absolute Gasteiger partial charge is 0.351 e. The lowest BCUT2D eigenvalue weighted by molar-refractivity contribution is -0.102. The second kappa shape index (κ2) is 8.95. The molecule has 0 N–H and O–H groups in total. The molecule has 0 unspecified atom stereocenters. The number of aromatic nitrogens is 4. The van der Waals surface area contributed by atoms with E-state index in [1.54, 1.807) is 23.2 Å². The largest absolute Gasteiger partial charge is 0.475 e. The Bertz CT molecular complexity index is 1110. The highest BCUT2D eigenvalue weighted by atomic mass is 16.6. The van der Waals surface area contributed by atoms with Gasteiger partial charge in [-0.2, -0.15) is 4.98 Å². The van der Waals surface area contributed by atoms with Crippen LogP contribution in [0.1, 0.15) is 16.8 Å². The second-order valence-corrected chi connectivity index (χ2v) is 7.73. The normalized spacial score (nSPS) is 17.6. The van der Waals surface area contributed by atoms with Crippen LogP contribution >= 0.6 is 0 Å². The van der Waals surface area contributed by atoms with E-state index < -0.39 is 0 Å². The van der Waals surface area contributed by atoms with Gasteiger partial charge < -0.3 is 14.2 Å². The molecule has 1 aromatic carbocycles. The first-order valence-electron chi connectivity index (χ1n) is 10.6. The van der Waals surface area contributed by atoms with Crippen LogP contribution in [0.5, 0.6) is 5.88 Å². The summed E-state index contributed by atoms with van der Waals surface area (Å²) in [6.07, 6.45) is 7.61. The molecule has 3 aromatic rings. The number of hydrogen-bond donors (Lipinski definition) is 0. The molecule has 0 aliphatic carbocycles. The summed E-state index contributed by atoms with van der Waals surface area (Å²) in [7, 11) is 0. The summed E-state index contributed by atoms with van der Waals surface area (Å²) in [5.74, 6) is 0.324. The van der Waals surface area contributed by atoms with Gasteiger partial charge in [0.25, 0.3) is 0 Å². The Labute approximate surface area is 179 Å². The molecule has 1 atom stereocenters. The van der Waals surface area contributed by atoms with Crippen LogP contribution in [0, 0.1) is 0 Å². The summed E-state index contributed by atoms with van der Waals surface area (Å²) in [6, 6.07) is 8.29. The van der Waals surface area contributed by atoms with Crippen LogP contribution in [0.3, 0.4) is 0 Å². The zero-order valence-corrected chi connectivity index (χ0v) is 17.2. The molecule has 31 heavy (non-hydrogen) atoms. The van der Waals surface area contributed by atoms with Crippen molar-refractivity contribution in [3.8, 4) is 17.1 Å². The molecule has 8 nitrogen and oxygen atoms in total. The molecule has 2 aliphatic heterocycles. The Morgan fingerprint density at radius 3 is 2.97 bits per heavy atom. The lowest BCUT2D eigenvalue weighted by atomic mass is 9.94. The molecular weight excluding hydrogens is 396 g/mol. The maximum Gasteiger partial charge on any atom is 0.351 e. The SMILES string of the molecule is O=c1nc(OC[C@@H]2COCCO2)cc2n1CCc1cc(CCc3cnccn3)ccc1-2. The molecule has 2 aromatic heterocycles. The lowest BCUT2D eigenvalue weighted by Crippen LogP contribution is -2.34. The number of aryl methyl sites for hydroxylation is 3. The van der Waals surface area contributed by atoms with Gasteiger partial charge in [0.1, 0.15) is 12.7 Å². The third-order valence-electron chi connectivity index (χ3n) is 5.63. The molecule has 1 saturated heterocycles. The van der Waals surface area contributed by atoms with Gasteiger partial charge in [0.05, 0.1) is 31.2 Å². The third kappa shape index (κ3) is 4.50. The predicted molar refractivity (Wildman–Crippen MR) is 113 cm³/mol. The average molecular weight is 420 g/mol. The molecule has 2 aliphatic rings. The standard InChI is InChI=1S/C23H24N4O4/c28-23-26-22(31-15-19-14-29-9-10-30-19)12-21-20-4-2-16(11-17(20)5-8-27(21)23)1-3-18-13-24-6-7-25-18/h2,4,6-7,11-13,19H,1,3,5,8-10,14-15H2/t19-/m0/s1. The van der Waals surface area contributed by atoms with Crippen LogP contribution in [0.15, 0.2) is 47.7 Å². The fraction of sp³-hybridized carbons (Fsp3) is 0.391. The third-order valence-corrected chi connectivity index (χ3v) is 5.63. The molecule has 4 heterocycles. The molecular formula is C23H24N4O4. The number of fused-ring (bicyclic) bond motifs is 3. The first kappa shape index (κ1) is 19.8. The van der Waals surface area contributed by atoms with Crippen molar-refractivity contribution in [3.63, 3.8) is 0 Å². The number of nitrogens with zero attached hydrogens (tertiary/aromatic N) is 4. The van der Waals surface area contributed by atoms with Gasteiger partial charge in [-0.1, -0.05) is 18.2 Å². The van der Waals surface area contributed by atoms with E-state index in [2.05, 4.69) is 33.2 Å². The van der Waals surface area contributed by atoms with Gasteiger partial charge in [0.15, 0.2) is 0 Å². The molecule has 0 spiro atoms. The van der Waals surface area contributed by atoms with E-state index in [0.29, 0.717) is 38.9 Å². The minimum absolute atomic E-state index is 0.140. The van der Waals surface area contributed by atoms with Crippen molar-refractivity contribution in [2.24, 2.45) is 0 Å². The molecule has 160 valence electrons. The molecule has 0 bridgehead atoms. The summed E-state index contributed by atoms with van der Waals surface area (Å²) >= 11 is 0. The van der Waals surface area contributed by atoms with Crippen molar-refractivity contribution in [2.75, 3.05) is 26.4 Å². The zero-order chi connectivity index (χ0) is 21.0. The monoisotopic (exact) mass is 420 g/mol. The number of rotatable bonds is 6. The molecule has 5 rings (SSSR count). The van der Waals surface area contributed by atoms with Crippen LogP contribution in [0.4, 0.5) is 0 Å². The molecule has 1 fully saturated rings. The van der Waals surface area contributed by atoms with Crippen LogP contribution in [-0.4, -0.2) is 52.1 Å². The molecule has 8 heteroatoms. The van der Waals surface area contributed by atoms with Crippen LogP contribution in [0.25, 0.3) is 11.3 Å². The molecule has 0 amide bonds. The minimum atomic E-state index is -0.286. The first-order chi connectivity index (χ1) is 15.3. The van der Waals surface area contributed by atoms with Gasteiger partial charge >= 0.3 is 5.69 Å².